The monoisotopic (exact) mass is 1070 g/mol. The van der Waals surface area contributed by atoms with Gasteiger partial charge in [0.15, 0.2) is 6.10 Å². The van der Waals surface area contributed by atoms with Crippen molar-refractivity contribution in [1.82, 2.24) is 0 Å². The van der Waals surface area contributed by atoms with Crippen LogP contribution in [0.3, 0.4) is 0 Å². The summed E-state index contributed by atoms with van der Waals surface area (Å²) in [4.78, 5) is 38.2. The number of carbonyl (C=O) groups is 3. The van der Waals surface area contributed by atoms with Crippen LogP contribution in [-0.4, -0.2) is 37.2 Å². The predicted octanol–water partition coefficient (Wildman–Crippen LogP) is 22.9. The molecule has 0 heterocycles. The Morgan fingerprint density at radius 2 is 0.545 bits per heavy atom. The van der Waals surface area contributed by atoms with Crippen LogP contribution in [0.4, 0.5) is 0 Å². The van der Waals surface area contributed by atoms with Crippen LogP contribution in [0.15, 0.2) is 72.9 Å². The number of carbonyl (C=O) groups excluding carboxylic acids is 3. The number of esters is 3. The highest BCUT2D eigenvalue weighted by Crippen LogP contribution is 2.18. The van der Waals surface area contributed by atoms with Gasteiger partial charge in [0.2, 0.25) is 0 Å². The lowest BCUT2D eigenvalue weighted by Gasteiger charge is -2.18. The quantitative estimate of drug-likeness (QED) is 0.0261. The van der Waals surface area contributed by atoms with E-state index in [1.807, 2.05) is 0 Å². The Morgan fingerprint density at radius 3 is 0.896 bits per heavy atom. The van der Waals surface area contributed by atoms with Crippen LogP contribution in [0.5, 0.6) is 0 Å². The van der Waals surface area contributed by atoms with Crippen LogP contribution >= 0.6 is 0 Å². The third-order valence-corrected chi connectivity index (χ3v) is 14.7. The molecule has 0 saturated heterocycles. The molecule has 0 amide bonds. The standard InChI is InChI=1S/C71H126O6/c1-4-7-10-13-16-19-22-24-26-28-29-30-31-32-33-34-35-36-37-38-39-40-41-42-44-45-47-49-52-55-58-61-64-70(73)76-67-68(66-75-69(72)63-60-57-54-51-21-18-15-12-9-6-3)77-71(74)65-62-59-56-53-50-48-46-43-27-25-23-20-17-14-11-8-5-2/h8,11-12,15,17,20,25,27,46,48,53,56,68H,4-7,9-10,13-14,16,18-19,21-24,26,28-45,47,49-52,54-55,57-67H2,1-3H3/b11-8-,15-12-,20-17-,27-25-,48-46-,56-53-. The molecule has 1 unspecified atom stereocenters. The number of allylic oxidation sites excluding steroid dienone is 12. The maximum atomic E-state index is 12.8. The van der Waals surface area contributed by atoms with Crippen molar-refractivity contribution in [2.24, 2.45) is 0 Å². The highest BCUT2D eigenvalue weighted by Gasteiger charge is 2.19. The summed E-state index contributed by atoms with van der Waals surface area (Å²) in [6.45, 7) is 6.45. The van der Waals surface area contributed by atoms with Crippen LogP contribution in [0.2, 0.25) is 0 Å². The fourth-order valence-corrected chi connectivity index (χ4v) is 9.72. The van der Waals surface area contributed by atoms with Crippen molar-refractivity contribution in [2.45, 2.75) is 348 Å². The predicted molar refractivity (Wildman–Crippen MR) is 335 cm³/mol. The van der Waals surface area contributed by atoms with Crippen molar-refractivity contribution in [3.63, 3.8) is 0 Å². The van der Waals surface area contributed by atoms with Gasteiger partial charge < -0.3 is 14.2 Å². The average molecular weight is 1080 g/mol. The molecule has 0 saturated carbocycles. The van der Waals surface area contributed by atoms with Crippen molar-refractivity contribution >= 4 is 17.9 Å². The number of unbranched alkanes of at least 4 members (excludes halogenated alkanes) is 38. The van der Waals surface area contributed by atoms with Crippen molar-refractivity contribution < 1.29 is 28.6 Å². The first-order chi connectivity index (χ1) is 38.0. The molecule has 6 nitrogen and oxygen atoms in total. The summed E-state index contributed by atoms with van der Waals surface area (Å²) in [5.74, 6) is -0.956. The fraction of sp³-hybridized carbons (Fsp3) is 0.789. The lowest BCUT2D eigenvalue weighted by Crippen LogP contribution is -2.30. The summed E-state index contributed by atoms with van der Waals surface area (Å²) in [5, 5.41) is 0. The zero-order valence-corrected chi connectivity index (χ0v) is 51.2. The van der Waals surface area contributed by atoms with Gasteiger partial charge in [-0.1, -0.05) is 318 Å². The maximum absolute atomic E-state index is 12.8. The third-order valence-electron chi connectivity index (χ3n) is 14.7. The van der Waals surface area contributed by atoms with Crippen LogP contribution in [0.25, 0.3) is 0 Å². The molecule has 77 heavy (non-hydrogen) atoms. The van der Waals surface area contributed by atoms with Gasteiger partial charge in [-0.3, -0.25) is 14.4 Å². The molecule has 0 aliphatic heterocycles. The van der Waals surface area contributed by atoms with Crippen molar-refractivity contribution in [3.05, 3.63) is 72.9 Å². The zero-order chi connectivity index (χ0) is 55.7. The summed E-state index contributed by atoms with van der Waals surface area (Å²) in [5.41, 5.74) is 0. The molecule has 0 fully saturated rings. The molecule has 0 aliphatic rings. The largest absolute Gasteiger partial charge is 0.462 e. The number of rotatable bonds is 61. The molecule has 0 N–H and O–H groups in total. The second-order valence-electron chi connectivity index (χ2n) is 22.4. The van der Waals surface area contributed by atoms with E-state index in [0.29, 0.717) is 19.3 Å². The molecule has 0 aliphatic carbocycles. The summed E-state index contributed by atoms with van der Waals surface area (Å²) >= 11 is 0. The smallest absolute Gasteiger partial charge is 0.306 e. The van der Waals surface area contributed by atoms with Crippen LogP contribution in [0.1, 0.15) is 342 Å². The van der Waals surface area contributed by atoms with Gasteiger partial charge in [0.05, 0.1) is 0 Å². The van der Waals surface area contributed by atoms with E-state index in [2.05, 4.69) is 93.7 Å². The van der Waals surface area contributed by atoms with E-state index >= 15 is 0 Å². The van der Waals surface area contributed by atoms with E-state index < -0.39 is 6.10 Å². The van der Waals surface area contributed by atoms with E-state index in [4.69, 9.17) is 14.2 Å². The number of hydrogen-bond acceptors (Lipinski definition) is 6. The highest BCUT2D eigenvalue weighted by atomic mass is 16.6. The molecule has 0 rings (SSSR count). The normalized spacial score (nSPS) is 12.5. The topological polar surface area (TPSA) is 78.9 Å². The summed E-state index contributed by atoms with van der Waals surface area (Å²) in [6.07, 6.45) is 85.4. The van der Waals surface area contributed by atoms with Gasteiger partial charge in [-0.25, -0.2) is 0 Å². The minimum atomic E-state index is -0.807. The minimum absolute atomic E-state index is 0.0983. The first-order valence-corrected chi connectivity index (χ1v) is 33.4. The highest BCUT2D eigenvalue weighted by molar-refractivity contribution is 5.71. The summed E-state index contributed by atoms with van der Waals surface area (Å²) in [7, 11) is 0. The van der Waals surface area contributed by atoms with Gasteiger partial charge in [-0.15, -0.1) is 0 Å². The van der Waals surface area contributed by atoms with E-state index in [-0.39, 0.29) is 37.5 Å². The Bertz CT molecular complexity index is 1420. The molecule has 0 bridgehead atoms. The second-order valence-corrected chi connectivity index (χ2v) is 22.4. The molecular weight excluding hydrogens is 949 g/mol. The third kappa shape index (κ3) is 63.6. The molecule has 446 valence electrons. The fourth-order valence-electron chi connectivity index (χ4n) is 9.72. The number of hydrogen-bond donors (Lipinski definition) is 0. The first kappa shape index (κ1) is 73.8. The van der Waals surface area contributed by atoms with Crippen molar-refractivity contribution in [3.8, 4) is 0 Å². The Kier molecular flexibility index (Phi) is 62.7. The van der Waals surface area contributed by atoms with Gasteiger partial charge in [-0.2, -0.15) is 0 Å². The Labute approximate surface area is 478 Å². The van der Waals surface area contributed by atoms with E-state index in [0.717, 1.165) is 96.3 Å². The van der Waals surface area contributed by atoms with Gasteiger partial charge in [0.1, 0.15) is 13.2 Å². The molecule has 0 spiro atoms. The van der Waals surface area contributed by atoms with Crippen molar-refractivity contribution in [2.75, 3.05) is 13.2 Å². The Balaban J connectivity index is 4.11. The van der Waals surface area contributed by atoms with Gasteiger partial charge >= 0.3 is 17.9 Å². The van der Waals surface area contributed by atoms with Crippen LogP contribution in [0, 0.1) is 0 Å². The summed E-state index contributed by atoms with van der Waals surface area (Å²) in [6, 6.07) is 0. The minimum Gasteiger partial charge on any atom is -0.462 e. The van der Waals surface area contributed by atoms with Crippen molar-refractivity contribution in [1.29, 1.82) is 0 Å². The second kappa shape index (κ2) is 65.4. The lowest BCUT2D eigenvalue weighted by molar-refractivity contribution is -0.167. The lowest BCUT2D eigenvalue weighted by atomic mass is 10.0. The Morgan fingerprint density at radius 1 is 0.273 bits per heavy atom. The van der Waals surface area contributed by atoms with Crippen LogP contribution in [-0.2, 0) is 28.6 Å². The zero-order valence-electron chi connectivity index (χ0n) is 51.2. The molecule has 0 radical (unpaired) electrons. The van der Waals surface area contributed by atoms with Gasteiger partial charge in [-0.05, 0) is 77.0 Å². The van der Waals surface area contributed by atoms with Crippen LogP contribution < -0.4 is 0 Å². The first-order valence-electron chi connectivity index (χ1n) is 33.4. The Hall–Kier alpha value is -3.15. The molecule has 0 aromatic carbocycles. The van der Waals surface area contributed by atoms with E-state index in [1.165, 1.54) is 199 Å². The average Bonchev–Trinajstić information content (AvgIpc) is 3.43. The molecular formula is C71H126O6. The van der Waals surface area contributed by atoms with Gasteiger partial charge in [0.25, 0.3) is 0 Å². The maximum Gasteiger partial charge on any atom is 0.306 e. The summed E-state index contributed by atoms with van der Waals surface area (Å²) < 4.78 is 16.8. The number of ether oxygens (including phenoxy) is 3. The van der Waals surface area contributed by atoms with E-state index in [1.54, 1.807) is 0 Å². The van der Waals surface area contributed by atoms with E-state index in [9.17, 15) is 14.4 Å². The van der Waals surface area contributed by atoms with Gasteiger partial charge in [0, 0.05) is 19.3 Å². The molecule has 6 heteroatoms. The molecule has 0 aromatic rings. The SMILES string of the molecule is CC/C=C\C/C=C\C/C=C\C/C=C\C/C=C\CCCC(=O)OC(COC(=O)CCCCCCC/C=C\CCC)COC(=O)CCCCCCCCCCCCCCCCCCCCCCCCCCCCCCCCCC. The molecule has 0 aromatic heterocycles. The molecule has 1 atom stereocenters.